The molecule has 2 rings (SSSR count). The molecule has 2 fully saturated rings. The van der Waals surface area contributed by atoms with Gasteiger partial charge in [-0.15, -0.1) is 0 Å². The molecule has 2 aliphatic heterocycles. The summed E-state index contributed by atoms with van der Waals surface area (Å²) in [5.41, 5.74) is 0. The molecule has 7 nitrogen and oxygen atoms in total. The van der Waals surface area contributed by atoms with E-state index in [4.69, 9.17) is 0 Å². The van der Waals surface area contributed by atoms with Crippen LogP contribution >= 0.6 is 0 Å². The van der Waals surface area contributed by atoms with E-state index < -0.39 is 25.7 Å². The molecule has 122 valence electrons. The van der Waals surface area contributed by atoms with E-state index in [-0.39, 0.29) is 41.4 Å². The van der Waals surface area contributed by atoms with Gasteiger partial charge in [0, 0.05) is 13.1 Å². The number of nitrogens with one attached hydrogen (secondary N) is 1. The lowest BCUT2D eigenvalue weighted by Crippen LogP contribution is -2.48. The summed E-state index contributed by atoms with van der Waals surface area (Å²) < 4.78 is 46.5. The largest absolute Gasteiger partial charge is 0.340 e. The monoisotopic (exact) mass is 338 g/mol. The molecule has 0 aromatic rings. The van der Waals surface area contributed by atoms with E-state index in [0.717, 1.165) is 0 Å². The van der Waals surface area contributed by atoms with Gasteiger partial charge in [0.2, 0.25) is 5.91 Å². The van der Waals surface area contributed by atoms with Crippen molar-refractivity contribution in [1.29, 1.82) is 0 Å². The quantitative estimate of drug-likeness (QED) is 0.683. The van der Waals surface area contributed by atoms with Gasteiger partial charge in [0.25, 0.3) is 0 Å². The Kier molecular flexibility index (Phi) is 4.94. The van der Waals surface area contributed by atoms with Gasteiger partial charge < -0.3 is 10.2 Å². The molecule has 2 saturated heterocycles. The first-order valence-corrected chi connectivity index (χ1v) is 10.7. The zero-order valence-corrected chi connectivity index (χ0v) is 13.7. The van der Waals surface area contributed by atoms with Crippen LogP contribution in [0.15, 0.2) is 0 Å². The maximum atomic E-state index is 12.3. The van der Waals surface area contributed by atoms with Crippen LogP contribution in [0.1, 0.15) is 12.8 Å². The predicted octanol–water partition coefficient (Wildman–Crippen LogP) is -1.34. The Balaban J connectivity index is 2.03. The van der Waals surface area contributed by atoms with Crippen molar-refractivity contribution in [2.24, 2.45) is 5.92 Å². The molecule has 0 aromatic heterocycles. The van der Waals surface area contributed by atoms with E-state index in [0.29, 0.717) is 19.4 Å². The summed E-state index contributed by atoms with van der Waals surface area (Å²) >= 11 is 0. The second kappa shape index (κ2) is 6.21. The molecule has 2 aliphatic rings. The maximum Gasteiger partial charge on any atom is 0.240 e. The van der Waals surface area contributed by atoms with Crippen LogP contribution in [-0.4, -0.2) is 76.8 Å². The van der Waals surface area contributed by atoms with Crippen molar-refractivity contribution in [1.82, 2.24) is 10.2 Å². The lowest BCUT2D eigenvalue weighted by atomic mass is 10.0. The van der Waals surface area contributed by atoms with Crippen molar-refractivity contribution in [2.75, 3.05) is 43.1 Å². The third kappa shape index (κ3) is 4.40. The number of hydrogen-bond donors (Lipinski definition) is 1. The second-order valence-corrected chi connectivity index (χ2v) is 10.4. The number of nitrogens with zero attached hydrogens (tertiary/aromatic N) is 1. The van der Waals surface area contributed by atoms with E-state index in [1.165, 1.54) is 0 Å². The molecule has 0 aromatic carbocycles. The van der Waals surface area contributed by atoms with Crippen molar-refractivity contribution in [2.45, 2.75) is 18.9 Å². The number of hydrogen-bond acceptors (Lipinski definition) is 6. The molecular weight excluding hydrogens is 316 g/mol. The van der Waals surface area contributed by atoms with Crippen molar-refractivity contribution in [3.63, 3.8) is 0 Å². The minimum atomic E-state index is -3.23. The van der Waals surface area contributed by atoms with Crippen LogP contribution < -0.4 is 5.32 Å². The Hall–Kier alpha value is -0.670. The summed E-state index contributed by atoms with van der Waals surface area (Å²) in [6.07, 6.45) is 1.09. The lowest BCUT2D eigenvalue weighted by molar-refractivity contribution is -0.133. The molecule has 0 saturated carbocycles. The molecule has 1 amide bonds. The van der Waals surface area contributed by atoms with Crippen LogP contribution in [0.25, 0.3) is 0 Å². The van der Waals surface area contributed by atoms with Crippen LogP contribution in [0.5, 0.6) is 0 Å². The Morgan fingerprint density at radius 3 is 2.29 bits per heavy atom. The van der Waals surface area contributed by atoms with Gasteiger partial charge in [0.1, 0.15) is 15.9 Å². The van der Waals surface area contributed by atoms with Gasteiger partial charge in [-0.05, 0) is 25.8 Å². The van der Waals surface area contributed by atoms with Gasteiger partial charge in [-0.3, -0.25) is 4.79 Å². The van der Waals surface area contributed by atoms with E-state index in [1.54, 1.807) is 11.9 Å². The number of likely N-dealkylation sites (N-methyl/N-ethyl adjacent to an activating group) is 1. The third-order valence-electron chi connectivity index (χ3n) is 4.20. The minimum absolute atomic E-state index is 0.0259. The Bertz CT molecular complexity index is 585. The molecule has 1 unspecified atom stereocenters. The molecule has 9 heteroatoms. The Morgan fingerprint density at radius 1 is 1.10 bits per heavy atom. The average Bonchev–Trinajstić information content (AvgIpc) is 2.51. The highest BCUT2D eigenvalue weighted by Crippen LogP contribution is 2.21. The van der Waals surface area contributed by atoms with Crippen LogP contribution in [0, 0.1) is 5.92 Å². The fourth-order valence-electron chi connectivity index (χ4n) is 2.81. The number of carbonyl (C=O) groups excluding carboxylic acids is 1. The van der Waals surface area contributed by atoms with E-state index >= 15 is 0 Å². The first-order valence-electron chi connectivity index (χ1n) is 7.09. The van der Waals surface area contributed by atoms with Crippen molar-refractivity contribution in [3.05, 3.63) is 0 Å². The summed E-state index contributed by atoms with van der Waals surface area (Å²) in [6.45, 7) is 0.644. The number of carbonyl (C=O) groups is 1. The fraction of sp³-hybridized carbons (Fsp3) is 0.917. The van der Waals surface area contributed by atoms with E-state index in [1.807, 2.05) is 0 Å². The molecule has 2 heterocycles. The molecule has 0 radical (unpaired) electrons. The minimum Gasteiger partial charge on any atom is -0.340 e. The highest BCUT2D eigenvalue weighted by atomic mass is 32.2. The van der Waals surface area contributed by atoms with Gasteiger partial charge in [0.05, 0.1) is 23.0 Å². The van der Waals surface area contributed by atoms with E-state index in [9.17, 15) is 21.6 Å². The first kappa shape index (κ1) is 16.7. The van der Waals surface area contributed by atoms with Gasteiger partial charge in [-0.1, -0.05) is 0 Å². The molecule has 0 aliphatic carbocycles. The Labute approximate surface area is 125 Å². The van der Waals surface area contributed by atoms with Gasteiger partial charge in [-0.25, -0.2) is 16.8 Å². The topological polar surface area (TPSA) is 101 Å². The van der Waals surface area contributed by atoms with Gasteiger partial charge in [0.15, 0.2) is 9.84 Å². The smallest absolute Gasteiger partial charge is 0.240 e. The summed E-state index contributed by atoms with van der Waals surface area (Å²) in [5, 5.41) is 2.76. The van der Waals surface area contributed by atoms with Gasteiger partial charge in [-0.2, -0.15) is 0 Å². The number of rotatable bonds is 3. The molecule has 0 spiro atoms. The molecule has 21 heavy (non-hydrogen) atoms. The summed E-state index contributed by atoms with van der Waals surface area (Å²) in [4.78, 5) is 13.9. The molecule has 1 atom stereocenters. The lowest BCUT2D eigenvalue weighted by Gasteiger charge is -2.30. The van der Waals surface area contributed by atoms with Gasteiger partial charge >= 0.3 is 0 Å². The fourth-order valence-corrected chi connectivity index (χ4v) is 5.88. The molecule has 1 N–H and O–H groups in total. The number of amides is 1. The third-order valence-corrected chi connectivity index (χ3v) is 7.57. The number of sulfone groups is 2. The molecular formula is C12H22N2O5S2. The highest BCUT2D eigenvalue weighted by molar-refractivity contribution is 7.91. The zero-order chi connectivity index (χ0) is 15.7. The van der Waals surface area contributed by atoms with Crippen LogP contribution in [0.2, 0.25) is 0 Å². The van der Waals surface area contributed by atoms with Crippen molar-refractivity contribution in [3.8, 4) is 0 Å². The average molecular weight is 338 g/mol. The zero-order valence-electron chi connectivity index (χ0n) is 12.1. The summed E-state index contributed by atoms with van der Waals surface area (Å²) in [5.74, 6) is 0.0589. The predicted molar refractivity (Wildman–Crippen MR) is 79.5 cm³/mol. The SMILES string of the molecule is CNC1CS(=O)(=O)CCN(CC2CCS(=O)(=O)CC2)C1=O. The second-order valence-electron chi connectivity index (χ2n) is 5.84. The van der Waals surface area contributed by atoms with Crippen LogP contribution in [0.4, 0.5) is 0 Å². The maximum absolute atomic E-state index is 12.3. The summed E-state index contributed by atoms with van der Waals surface area (Å²) in [7, 11) is -4.57. The highest BCUT2D eigenvalue weighted by Gasteiger charge is 2.34. The first-order chi connectivity index (χ1) is 9.72. The standard InChI is InChI=1S/C12H22N2O5S2/c1-13-11-9-21(18,19)7-4-14(12(11)15)8-10-2-5-20(16,17)6-3-10/h10-11,13H,2-9H2,1H3. The summed E-state index contributed by atoms with van der Waals surface area (Å²) in [6, 6.07) is -0.704. The van der Waals surface area contributed by atoms with Crippen LogP contribution in [0.3, 0.4) is 0 Å². The normalized spacial score (nSPS) is 30.0. The van der Waals surface area contributed by atoms with E-state index in [2.05, 4.69) is 5.32 Å². The Morgan fingerprint density at radius 2 is 1.71 bits per heavy atom. The molecule has 0 bridgehead atoms. The van der Waals surface area contributed by atoms with Crippen LogP contribution in [-0.2, 0) is 24.5 Å². The van der Waals surface area contributed by atoms with Crippen molar-refractivity contribution >= 4 is 25.6 Å². The van der Waals surface area contributed by atoms with Crippen molar-refractivity contribution < 1.29 is 21.6 Å².